The van der Waals surface area contributed by atoms with Crippen LogP contribution in [0.2, 0.25) is 25.7 Å². The maximum absolute atomic E-state index is 13.8. The first-order chi connectivity index (χ1) is 20.5. The number of para-hydroxylation sites is 1. The van der Waals surface area contributed by atoms with Gasteiger partial charge in [-0.15, -0.1) is 0 Å². The number of benzene rings is 1. The quantitative estimate of drug-likeness (QED) is 0.133. The second-order valence-corrected chi connectivity index (χ2v) is 17.0. The number of ether oxygens (including phenoxy) is 1. The number of hydrogen-bond acceptors (Lipinski definition) is 5. The van der Waals surface area contributed by atoms with Gasteiger partial charge in [0.1, 0.15) is 23.8 Å². The van der Waals surface area contributed by atoms with Gasteiger partial charge in [0.25, 0.3) is 6.43 Å². The highest BCUT2D eigenvalue weighted by Gasteiger charge is 2.26. The van der Waals surface area contributed by atoms with Crippen LogP contribution in [0.3, 0.4) is 0 Å². The second kappa shape index (κ2) is 12.4. The van der Waals surface area contributed by atoms with Crippen LogP contribution in [-0.4, -0.2) is 40.1 Å². The number of hydrogen-bond donors (Lipinski definition) is 1. The molecular formula is C32H33F2N5O3Si. The molecule has 11 heteroatoms. The van der Waals surface area contributed by atoms with E-state index in [1.807, 2.05) is 30.3 Å². The van der Waals surface area contributed by atoms with Crippen LogP contribution >= 0.6 is 0 Å². The molecule has 0 bridgehead atoms. The number of nitrogens with zero attached hydrogens (tertiary/aromatic N) is 4. The number of aromatic nitrogens is 4. The van der Waals surface area contributed by atoms with Crippen LogP contribution in [0.4, 0.5) is 20.3 Å². The third-order valence-corrected chi connectivity index (χ3v) is 8.71. The highest BCUT2D eigenvalue weighted by atomic mass is 28.3. The first-order valence-electron chi connectivity index (χ1n) is 13.9. The van der Waals surface area contributed by atoms with Crippen molar-refractivity contribution < 1.29 is 18.3 Å². The number of amides is 1. The zero-order valence-corrected chi connectivity index (χ0v) is 25.5. The van der Waals surface area contributed by atoms with E-state index in [-0.39, 0.29) is 29.5 Å². The lowest BCUT2D eigenvalue weighted by Gasteiger charge is -2.21. The number of carbonyl (C=O) groups excluding carboxylic acids is 1. The van der Waals surface area contributed by atoms with Gasteiger partial charge in [-0.3, -0.25) is 14.5 Å². The van der Waals surface area contributed by atoms with E-state index < -0.39 is 14.5 Å². The van der Waals surface area contributed by atoms with Crippen molar-refractivity contribution in [2.75, 3.05) is 11.5 Å². The smallest absolute Gasteiger partial charge is 0.280 e. The maximum Gasteiger partial charge on any atom is 0.280 e. The van der Waals surface area contributed by atoms with E-state index in [0.29, 0.717) is 46.0 Å². The number of nitrogens with one attached hydrogen (secondary N) is 1. The van der Waals surface area contributed by atoms with Crippen molar-refractivity contribution in [1.82, 2.24) is 19.5 Å². The van der Waals surface area contributed by atoms with Crippen molar-refractivity contribution in [3.05, 3.63) is 95.0 Å². The number of anilines is 2. The summed E-state index contributed by atoms with van der Waals surface area (Å²) in [6.07, 6.45) is 0.325. The molecule has 43 heavy (non-hydrogen) atoms. The Morgan fingerprint density at radius 2 is 1.84 bits per heavy atom. The Balaban J connectivity index is 1.76. The molecule has 222 valence electrons. The van der Waals surface area contributed by atoms with Crippen molar-refractivity contribution in [3.63, 3.8) is 0 Å². The Hall–Kier alpha value is -4.48. The van der Waals surface area contributed by atoms with Crippen LogP contribution in [0.1, 0.15) is 19.0 Å². The Morgan fingerprint density at radius 3 is 2.53 bits per heavy atom. The molecule has 4 aromatic heterocycles. The third-order valence-electron chi connectivity index (χ3n) is 7.00. The molecular weight excluding hydrogens is 568 g/mol. The van der Waals surface area contributed by atoms with E-state index in [2.05, 4.69) is 34.6 Å². The fourth-order valence-corrected chi connectivity index (χ4v) is 5.72. The van der Waals surface area contributed by atoms with E-state index in [1.54, 1.807) is 29.0 Å². The van der Waals surface area contributed by atoms with Crippen molar-refractivity contribution in [3.8, 4) is 22.5 Å². The number of alkyl halides is 2. The monoisotopic (exact) mass is 601 g/mol. The Labute approximate surface area is 249 Å². The molecule has 0 saturated heterocycles. The number of halogens is 2. The molecule has 0 unspecified atom stereocenters. The third kappa shape index (κ3) is 6.47. The summed E-state index contributed by atoms with van der Waals surface area (Å²) in [4.78, 5) is 39.6. The van der Waals surface area contributed by atoms with Crippen LogP contribution in [0.25, 0.3) is 33.5 Å². The highest BCUT2D eigenvalue weighted by molar-refractivity contribution is 6.76. The molecule has 1 N–H and O–H groups in total. The number of fused-ring (bicyclic) bond motifs is 1. The summed E-state index contributed by atoms with van der Waals surface area (Å²) < 4.78 is 35.4. The van der Waals surface area contributed by atoms with E-state index in [4.69, 9.17) is 4.74 Å². The lowest BCUT2D eigenvalue weighted by atomic mass is 10.0. The number of rotatable bonds is 10. The number of aromatic amines is 1. The van der Waals surface area contributed by atoms with Crippen LogP contribution in [0.5, 0.6) is 0 Å². The second-order valence-electron chi connectivity index (χ2n) is 11.4. The van der Waals surface area contributed by atoms with Gasteiger partial charge in [-0.25, -0.2) is 18.7 Å². The van der Waals surface area contributed by atoms with Crippen molar-refractivity contribution in [2.24, 2.45) is 0 Å². The van der Waals surface area contributed by atoms with Gasteiger partial charge in [0, 0.05) is 45.6 Å². The summed E-state index contributed by atoms with van der Waals surface area (Å²) in [6, 6.07) is 19.4. The molecule has 0 fully saturated rings. The predicted octanol–water partition coefficient (Wildman–Crippen LogP) is 7.39. The van der Waals surface area contributed by atoms with E-state index >= 15 is 0 Å². The van der Waals surface area contributed by atoms with E-state index in [9.17, 15) is 18.4 Å². The normalized spacial score (nSPS) is 11.8. The number of pyridine rings is 3. The summed E-state index contributed by atoms with van der Waals surface area (Å²) in [7, 11) is -1.39. The molecule has 5 rings (SSSR count). The summed E-state index contributed by atoms with van der Waals surface area (Å²) >= 11 is 0. The minimum absolute atomic E-state index is 0.0463. The average Bonchev–Trinajstić information content (AvgIpc) is 3.31. The van der Waals surface area contributed by atoms with Crippen LogP contribution in [0, 0.1) is 0 Å². The summed E-state index contributed by atoms with van der Waals surface area (Å²) in [5, 5.41) is 0. The summed E-state index contributed by atoms with van der Waals surface area (Å²) in [5.41, 5.74) is 2.64. The van der Waals surface area contributed by atoms with Gasteiger partial charge in [0.2, 0.25) is 11.3 Å². The fraction of sp³-hybridized carbons (Fsp3) is 0.250. The fourth-order valence-electron chi connectivity index (χ4n) is 4.96. The molecule has 0 radical (unpaired) electrons. The van der Waals surface area contributed by atoms with Gasteiger partial charge in [0.05, 0.1) is 28.2 Å². The molecule has 0 saturated carbocycles. The first-order valence-corrected chi connectivity index (χ1v) is 17.6. The molecule has 0 spiro atoms. The molecule has 0 atom stereocenters. The molecule has 0 aliphatic rings. The number of H-pyrrole nitrogens is 1. The van der Waals surface area contributed by atoms with Crippen molar-refractivity contribution in [2.45, 2.75) is 45.8 Å². The molecule has 0 aliphatic carbocycles. The minimum atomic E-state index is -2.77. The SMILES string of the molecule is CC(=O)N(c1ccccc1)c1cc(-c2c(-c3cccc(C(F)F)n3)c3[nH]ccc(=O)c3n2COCC[Si](C)(C)C)ccn1. The number of carbonyl (C=O) groups is 1. The van der Waals surface area contributed by atoms with Crippen LogP contribution < -0.4 is 10.3 Å². The topological polar surface area (TPSA) is 93.1 Å². The molecule has 8 nitrogen and oxygen atoms in total. The van der Waals surface area contributed by atoms with E-state index in [0.717, 1.165) is 6.04 Å². The summed E-state index contributed by atoms with van der Waals surface area (Å²) in [5.74, 6) is 0.118. The van der Waals surface area contributed by atoms with Crippen molar-refractivity contribution >= 4 is 36.5 Å². The van der Waals surface area contributed by atoms with Crippen molar-refractivity contribution in [1.29, 1.82) is 0 Å². The van der Waals surface area contributed by atoms with Gasteiger partial charge in [-0.1, -0.05) is 43.9 Å². The molecule has 1 aromatic carbocycles. The van der Waals surface area contributed by atoms with Crippen LogP contribution in [0.15, 0.2) is 83.9 Å². The Bertz CT molecular complexity index is 1820. The van der Waals surface area contributed by atoms with Crippen LogP contribution in [-0.2, 0) is 16.3 Å². The van der Waals surface area contributed by atoms with Gasteiger partial charge in [0.15, 0.2) is 0 Å². The zero-order valence-electron chi connectivity index (χ0n) is 24.5. The molecule has 4 heterocycles. The largest absolute Gasteiger partial charge is 0.361 e. The molecule has 0 aliphatic heterocycles. The maximum atomic E-state index is 13.8. The Kier molecular flexibility index (Phi) is 8.65. The highest BCUT2D eigenvalue weighted by Crippen LogP contribution is 2.40. The van der Waals surface area contributed by atoms with Gasteiger partial charge < -0.3 is 14.3 Å². The standard InChI is InChI=1S/C32H33F2N5O3Si/c1-21(40)39(23-9-6-5-7-10-23)27-19-22(13-15-35-27)30-28(24-11-8-12-25(37-24)32(33)34)29-31(26(41)14-16-36-29)38(30)20-42-17-18-43(2,3)4/h5-16,19,32H,17-18,20H2,1-4H3,(H,36,41). The first kappa shape index (κ1) is 30.0. The lowest BCUT2D eigenvalue weighted by Crippen LogP contribution is -2.23. The average molecular weight is 602 g/mol. The Morgan fingerprint density at radius 1 is 1.07 bits per heavy atom. The predicted molar refractivity (Wildman–Crippen MR) is 167 cm³/mol. The molecule has 5 aromatic rings. The van der Waals surface area contributed by atoms with Gasteiger partial charge in [-0.05, 0) is 42.4 Å². The van der Waals surface area contributed by atoms with E-state index in [1.165, 1.54) is 36.2 Å². The lowest BCUT2D eigenvalue weighted by molar-refractivity contribution is -0.115. The van der Waals surface area contributed by atoms with Gasteiger partial charge >= 0.3 is 0 Å². The molecule has 1 amide bonds. The summed E-state index contributed by atoms with van der Waals surface area (Å²) in [6.45, 7) is 8.76. The minimum Gasteiger partial charge on any atom is -0.361 e. The van der Waals surface area contributed by atoms with Gasteiger partial charge in [-0.2, -0.15) is 0 Å². The zero-order chi connectivity index (χ0) is 30.7.